The van der Waals surface area contributed by atoms with E-state index in [0.717, 1.165) is 71.4 Å². The smallest absolute Gasteiger partial charge is 0.457 e. The van der Waals surface area contributed by atoms with E-state index >= 15 is 0 Å². The molecule has 16 heteroatoms. The lowest BCUT2D eigenvalue weighted by atomic mass is 9.80. The fourth-order valence-electron chi connectivity index (χ4n) is 7.91. The van der Waals surface area contributed by atoms with Crippen molar-refractivity contribution in [3.8, 4) is 0 Å². The number of aryl methyl sites for hydroxylation is 1. The molecule has 328 valence electrons. The number of benzene rings is 3. The summed E-state index contributed by atoms with van der Waals surface area (Å²) in [7, 11) is 0. The van der Waals surface area contributed by atoms with E-state index in [4.69, 9.17) is 24.8 Å². The van der Waals surface area contributed by atoms with Crippen molar-refractivity contribution in [1.82, 2.24) is 20.2 Å². The van der Waals surface area contributed by atoms with Crippen LogP contribution in [0.1, 0.15) is 65.7 Å². The highest BCUT2D eigenvalue weighted by Gasteiger charge is 2.54. The molecule has 64 heavy (non-hydrogen) atoms. The predicted molar refractivity (Wildman–Crippen MR) is 244 cm³/mol. The normalized spacial score (nSPS) is 17.9. The number of aromatic nitrogens is 2. The fourth-order valence-corrected chi connectivity index (χ4v) is 9.77. The number of nitrogens with one attached hydrogen (secondary N) is 1. The number of rotatable bonds is 15. The van der Waals surface area contributed by atoms with Crippen LogP contribution in [0.5, 0.6) is 0 Å². The highest BCUT2D eigenvalue weighted by atomic mass is 32.2. The first-order valence-corrected chi connectivity index (χ1v) is 22.9. The molecule has 2 aliphatic heterocycles. The highest BCUT2D eigenvalue weighted by Crippen LogP contribution is 2.43. The molecule has 8 rings (SSSR count). The van der Waals surface area contributed by atoms with E-state index < -0.39 is 41.0 Å². The second kappa shape index (κ2) is 20.2. The number of carbonyl (C=O) groups excluding carboxylic acids is 4. The van der Waals surface area contributed by atoms with Crippen LogP contribution in [-0.4, -0.2) is 81.0 Å². The van der Waals surface area contributed by atoms with Crippen LogP contribution in [0, 0.1) is 6.92 Å². The second-order valence-corrected chi connectivity index (χ2v) is 17.2. The van der Waals surface area contributed by atoms with Crippen LogP contribution in [0.25, 0.3) is 6.08 Å². The molecule has 0 bridgehead atoms. The molecule has 3 aromatic carbocycles. The van der Waals surface area contributed by atoms with Crippen molar-refractivity contribution in [1.29, 1.82) is 0 Å². The van der Waals surface area contributed by atoms with Gasteiger partial charge in [-0.15, -0.1) is 23.1 Å². The van der Waals surface area contributed by atoms with Crippen molar-refractivity contribution in [3.63, 3.8) is 0 Å². The van der Waals surface area contributed by atoms with Crippen molar-refractivity contribution in [2.24, 2.45) is 5.16 Å². The first-order chi connectivity index (χ1) is 31.2. The van der Waals surface area contributed by atoms with E-state index in [2.05, 4.69) is 20.4 Å². The minimum atomic E-state index is -1.32. The minimum Gasteiger partial charge on any atom is -0.457 e. The Kier molecular flexibility index (Phi) is 13.8. The summed E-state index contributed by atoms with van der Waals surface area (Å²) in [6, 6.07) is 31.3. The van der Waals surface area contributed by atoms with Crippen LogP contribution in [0.15, 0.2) is 137 Å². The molecular weight excluding hydrogens is 853 g/mol. The molecule has 0 radical (unpaired) electrons. The Balaban J connectivity index is 1.05. The Bertz CT molecular complexity index is 2470. The molecule has 1 aliphatic carbocycles. The van der Waals surface area contributed by atoms with Crippen molar-refractivity contribution >= 4 is 64.0 Å². The molecule has 4 heterocycles. The topological polar surface area (TPSA) is 185 Å². The number of hydrogen-bond donors (Lipinski definition) is 2. The maximum absolute atomic E-state index is 14.5. The number of esters is 1. The largest absolute Gasteiger partial charge is 0.508 e. The van der Waals surface area contributed by atoms with Gasteiger partial charge in [-0.25, -0.2) is 14.6 Å². The average molecular weight is 899 g/mol. The van der Waals surface area contributed by atoms with Crippen LogP contribution >= 0.6 is 23.1 Å². The number of anilines is 1. The Labute approximate surface area is 378 Å². The van der Waals surface area contributed by atoms with Gasteiger partial charge in [-0.05, 0) is 49.8 Å². The first-order valence-electron chi connectivity index (χ1n) is 21.0. The van der Waals surface area contributed by atoms with E-state index in [1.807, 2.05) is 110 Å². The Morgan fingerprint density at radius 1 is 0.875 bits per heavy atom. The number of thioether (sulfide) groups is 1. The van der Waals surface area contributed by atoms with Crippen LogP contribution < -0.4 is 11.1 Å². The zero-order chi connectivity index (χ0) is 44.5. The Hall–Kier alpha value is -6.78. The van der Waals surface area contributed by atoms with Gasteiger partial charge < -0.3 is 30.1 Å². The summed E-state index contributed by atoms with van der Waals surface area (Å²) >= 11 is 2.50. The number of ether oxygens (including phenoxy) is 3. The quantitative estimate of drug-likeness (QED) is 0.0263. The molecule has 1 saturated heterocycles. The standard InChI is InChI=1S/C48H46N6O8S2/c1-31-32(15-14-26-50-31)24-25-33-29-63-44-40(43(56)54(44)41(33)45(57)59-27-28-60-47(58)61-37-22-12-5-13-23-37)52-42(55)39(38-30-64-46(49)51-38)53-62-48(34-16-6-2-7-17-34,35-18-8-3-9-19-35)36-20-10-4-11-21-36/h2-4,6-11,14-21,24-26,30,37,40,44H,5,12-13,22-23,27-29H2,1H3,(H2,49,51)(H,52,55)/b25-24-,53-39?/t40-,44+/m1/s1. The van der Waals surface area contributed by atoms with Gasteiger partial charge in [0.1, 0.15) is 42.1 Å². The fraction of sp³-hybridized carbons (Fsp3) is 0.271. The first kappa shape index (κ1) is 43.9. The van der Waals surface area contributed by atoms with Crippen molar-refractivity contribution in [3.05, 3.63) is 166 Å². The van der Waals surface area contributed by atoms with Gasteiger partial charge >= 0.3 is 12.1 Å². The number of β-lactam (4-membered cyclic amide) rings is 1. The van der Waals surface area contributed by atoms with Crippen molar-refractivity contribution < 1.29 is 38.2 Å². The lowest BCUT2D eigenvalue weighted by Crippen LogP contribution is -2.71. The monoisotopic (exact) mass is 898 g/mol. The number of thiazole rings is 1. The van der Waals surface area contributed by atoms with Gasteiger partial charge in [-0.1, -0.05) is 121 Å². The molecule has 2 amide bonds. The van der Waals surface area contributed by atoms with Gasteiger partial charge in [0.05, 0.1) is 0 Å². The van der Waals surface area contributed by atoms with Gasteiger partial charge in [-0.2, -0.15) is 0 Å². The molecule has 3 N–H and O–H groups in total. The number of pyridine rings is 1. The Morgan fingerprint density at radius 2 is 1.52 bits per heavy atom. The molecule has 14 nitrogen and oxygen atoms in total. The number of fused-ring (bicyclic) bond motifs is 1. The molecule has 5 aromatic rings. The van der Waals surface area contributed by atoms with Crippen LogP contribution in [0.3, 0.4) is 0 Å². The molecule has 2 aromatic heterocycles. The third-order valence-electron chi connectivity index (χ3n) is 11.1. The maximum Gasteiger partial charge on any atom is 0.508 e. The summed E-state index contributed by atoms with van der Waals surface area (Å²) < 4.78 is 16.2. The number of hydrogen-bond acceptors (Lipinski definition) is 14. The van der Waals surface area contributed by atoms with E-state index in [0.29, 0.717) is 11.3 Å². The van der Waals surface area contributed by atoms with Gasteiger partial charge in [0.2, 0.25) is 5.60 Å². The van der Waals surface area contributed by atoms with E-state index in [9.17, 15) is 19.2 Å². The molecule has 0 spiro atoms. The van der Waals surface area contributed by atoms with Crippen molar-refractivity contribution in [2.75, 3.05) is 24.7 Å². The van der Waals surface area contributed by atoms with Gasteiger partial charge in [0, 0.05) is 39.7 Å². The second-order valence-electron chi connectivity index (χ2n) is 15.2. The van der Waals surface area contributed by atoms with Gasteiger partial charge in [0.25, 0.3) is 11.8 Å². The number of oxime groups is 1. The number of amides is 2. The SMILES string of the molecule is Cc1ncccc1/C=C\C1=C(C(=O)OCCOC(=O)OC2CCCCC2)N2C(=O)[C@@H](NC(=O)C(=NOC(c3ccccc3)(c3ccccc3)c3ccccc3)c3csc(N)n3)[C@@H]2SC1. The lowest BCUT2D eigenvalue weighted by Gasteiger charge is -2.49. The summed E-state index contributed by atoms with van der Waals surface area (Å²) in [5.41, 5.74) is 9.08. The van der Waals surface area contributed by atoms with Gasteiger partial charge in [0.15, 0.2) is 10.8 Å². The maximum atomic E-state index is 14.5. The molecule has 3 aliphatic rings. The number of allylic oxidation sites excluding steroid dienone is 1. The predicted octanol–water partition coefficient (Wildman–Crippen LogP) is 7.54. The number of carbonyl (C=O) groups is 4. The summed E-state index contributed by atoms with van der Waals surface area (Å²) in [5.74, 6) is -1.78. The van der Waals surface area contributed by atoms with Crippen LogP contribution in [0.2, 0.25) is 0 Å². The average Bonchev–Trinajstić information content (AvgIpc) is 3.76. The third kappa shape index (κ3) is 9.57. The summed E-state index contributed by atoms with van der Waals surface area (Å²) in [6.45, 7) is 1.36. The van der Waals surface area contributed by atoms with E-state index in [-0.39, 0.29) is 41.6 Å². The molecular formula is C48H46N6O8S2. The van der Waals surface area contributed by atoms with Crippen LogP contribution in [-0.2, 0) is 39.0 Å². The third-order valence-corrected chi connectivity index (χ3v) is 13.1. The minimum absolute atomic E-state index is 0.0182. The van der Waals surface area contributed by atoms with E-state index in [1.165, 1.54) is 16.7 Å². The molecule has 1 saturated carbocycles. The number of nitrogen functional groups attached to an aromatic ring is 1. The molecule has 2 atom stereocenters. The van der Waals surface area contributed by atoms with Crippen molar-refractivity contribution in [2.45, 2.75) is 62.1 Å². The Morgan fingerprint density at radius 3 is 2.12 bits per heavy atom. The summed E-state index contributed by atoms with van der Waals surface area (Å²) in [4.78, 5) is 71.6. The van der Waals surface area contributed by atoms with Crippen LogP contribution in [0.4, 0.5) is 9.93 Å². The highest BCUT2D eigenvalue weighted by molar-refractivity contribution is 8.00. The number of nitrogens with zero attached hydrogens (tertiary/aromatic N) is 4. The van der Waals surface area contributed by atoms with Gasteiger partial charge in [-0.3, -0.25) is 19.5 Å². The zero-order valence-electron chi connectivity index (χ0n) is 35.0. The molecule has 2 fully saturated rings. The summed E-state index contributed by atoms with van der Waals surface area (Å²) in [5, 5.41) is 8.54. The zero-order valence-corrected chi connectivity index (χ0v) is 36.6. The molecule has 0 unspecified atom stereocenters. The lowest BCUT2D eigenvalue weighted by molar-refractivity contribution is -0.153. The van der Waals surface area contributed by atoms with E-state index in [1.54, 1.807) is 23.7 Å². The summed E-state index contributed by atoms with van der Waals surface area (Å²) in [6.07, 6.45) is 8.93. The number of nitrogens with two attached hydrogens (primary N) is 1.